The first-order valence-electron chi connectivity index (χ1n) is 11.5. The number of nitrogens with zero attached hydrogens (tertiary/aromatic N) is 3. The van der Waals surface area contributed by atoms with Gasteiger partial charge in [0, 0.05) is 30.2 Å². The third-order valence-corrected chi connectivity index (χ3v) is 6.92. The third kappa shape index (κ3) is 8.32. The molecule has 1 N–H and O–H groups in total. The molecule has 0 unspecified atom stereocenters. The second-order valence-electron chi connectivity index (χ2n) is 8.36. The van der Waals surface area contributed by atoms with Crippen LogP contribution in [0.5, 0.6) is 5.75 Å². The molecule has 1 atom stereocenters. The highest BCUT2D eigenvalue weighted by Gasteiger charge is 2.32. The van der Waals surface area contributed by atoms with Crippen molar-refractivity contribution in [3.05, 3.63) is 63.2 Å². The van der Waals surface area contributed by atoms with Crippen LogP contribution in [0.4, 0.5) is 11.4 Å². The van der Waals surface area contributed by atoms with E-state index in [-0.39, 0.29) is 23.7 Å². The van der Waals surface area contributed by atoms with Crippen molar-refractivity contribution in [1.82, 2.24) is 10.2 Å². The average Bonchev–Trinajstić information content (AvgIpc) is 2.84. The molecule has 0 radical (unpaired) electrons. The number of hydrogen-bond donors (Lipinski definition) is 1. The molecule has 2 aromatic carbocycles. The van der Waals surface area contributed by atoms with Crippen LogP contribution < -0.4 is 14.4 Å². The van der Waals surface area contributed by atoms with Crippen molar-refractivity contribution in [2.75, 3.05) is 30.8 Å². The van der Waals surface area contributed by atoms with Gasteiger partial charge in [-0.1, -0.05) is 37.1 Å². The molecule has 0 bridgehead atoms. The van der Waals surface area contributed by atoms with Crippen LogP contribution in [0.15, 0.2) is 42.5 Å². The number of hydrogen-bond acceptors (Lipinski definition) is 7. The van der Waals surface area contributed by atoms with Crippen LogP contribution in [-0.4, -0.2) is 62.6 Å². The third-order valence-electron chi connectivity index (χ3n) is 5.56. The predicted octanol–water partition coefficient (Wildman–Crippen LogP) is 3.36. The Balaban J connectivity index is 2.48. The van der Waals surface area contributed by atoms with Gasteiger partial charge in [0.25, 0.3) is 5.69 Å². The van der Waals surface area contributed by atoms with Crippen LogP contribution in [0.3, 0.4) is 0 Å². The Bertz CT molecular complexity index is 1240. The van der Waals surface area contributed by atoms with E-state index in [4.69, 9.17) is 16.3 Å². The standard InChI is InChI=1S/C24H31ClN4O7S/c1-5-6-12-26-24(31)17(2)27(15-18-8-7-9-19(25)13-18)23(30)16-28(37(4,34)35)21-14-20(29(32)33)10-11-22(21)36-3/h7-11,13-14,17H,5-6,12,15-16H2,1-4H3,(H,26,31)/t17-/m1/s1. The Labute approximate surface area is 221 Å². The van der Waals surface area contributed by atoms with Crippen molar-refractivity contribution >= 4 is 44.8 Å². The summed E-state index contributed by atoms with van der Waals surface area (Å²) in [6.45, 7) is 3.21. The molecule has 0 spiro atoms. The van der Waals surface area contributed by atoms with Crippen molar-refractivity contribution in [1.29, 1.82) is 0 Å². The van der Waals surface area contributed by atoms with Gasteiger partial charge in [-0.2, -0.15) is 0 Å². The van der Waals surface area contributed by atoms with Crippen LogP contribution in [-0.2, 0) is 26.2 Å². The Morgan fingerprint density at radius 3 is 2.49 bits per heavy atom. The van der Waals surface area contributed by atoms with Gasteiger partial charge < -0.3 is 15.0 Å². The maximum Gasteiger partial charge on any atom is 0.271 e. The topological polar surface area (TPSA) is 139 Å². The van der Waals surface area contributed by atoms with Gasteiger partial charge in [0.15, 0.2) is 0 Å². The van der Waals surface area contributed by atoms with Crippen LogP contribution in [0.2, 0.25) is 5.02 Å². The highest BCUT2D eigenvalue weighted by atomic mass is 35.5. The van der Waals surface area contributed by atoms with Gasteiger partial charge in [-0.05, 0) is 37.1 Å². The first-order chi connectivity index (χ1) is 17.4. The number of ether oxygens (including phenoxy) is 1. The molecule has 2 aromatic rings. The molecule has 0 fully saturated rings. The number of amides is 2. The predicted molar refractivity (Wildman–Crippen MR) is 141 cm³/mol. The minimum Gasteiger partial charge on any atom is -0.495 e. The zero-order chi connectivity index (χ0) is 27.8. The summed E-state index contributed by atoms with van der Waals surface area (Å²) in [5.41, 5.74) is 0.0829. The quantitative estimate of drug-likeness (QED) is 0.227. The van der Waals surface area contributed by atoms with E-state index in [1.54, 1.807) is 31.2 Å². The zero-order valence-electron chi connectivity index (χ0n) is 21.1. The number of anilines is 1. The van der Waals surface area contributed by atoms with Gasteiger partial charge in [0.2, 0.25) is 21.8 Å². The van der Waals surface area contributed by atoms with Crippen molar-refractivity contribution in [2.24, 2.45) is 0 Å². The van der Waals surface area contributed by atoms with E-state index in [9.17, 15) is 28.1 Å². The Hall–Kier alpha value is -3.38. The molecule has 2 rings (SSSR count). The Morgan fingerprint density at radius 2 is 1.92 bits per heavy atom. The van der Waals surface area contributed by atoms with Gasteiger partial charge in [0.05, 0.1) is 18.3 Å². The minimum absolute atomic E-state index is 0.0224. The lowest BCUT2D eigenvalue weighted by atomic mass is 10.1. The largest absolute Gasteiger partial charge is 0.495 e. The molecule has 2 amide bonds. The molecule has 37 heavy (non-hydrogen) atoms. The van der Waals surface area contributed by atoms with Crippen molar-refractivity contribution < 1.29 is 27.7 Å². The SMILES string of the molecule is CCCCNC(=O)[C@@H](C)N(Cc1cccc(Cl)c1)C(=O)CN(c1cc([N+](=O)[O-])ccc1OC)S(C)(=O)=O. The maximum atomic E-state index is 13.6. The first-order valence-corrected chi connectivity index (χ1v) is 13.7. The fourth-order valence-corrected chi connectivity index (χ4v) is 4.59. The number of sulfonamides is 1. The summed E-state index contributed by atoms with van der Waals surface area (Å²) in [4.78, 5) is 38.3. The average molecular weight is 555 g/mol. The number of nitrogens with one attached hydrogen (secondary N) is 1. The number of halogens is 1. The normalized spacial score (nSPS) is 11.9. The summed E-state index contributed by atoms with van der Waals surface area (Å²) in [6.07, 6.45) is 2.50. The van der Waals surface area contributed by atoms with E-state index < -0.39 is 39.3 Å². The van der Waals surface area contributed by atoms with Gasteiger partial charge in [-0.15, -0.1) is 0 Å². The summed E-state index contributed by atoms with van der Waals surface area (Å²) in [5.74, 6) is -1.07. The Morgan fingerprint density at radius 1 is 1.22 bits per heavy atom. The van der Waals surface area contributed by atoms with Gasteiger partial charge in [-0.3, -0.25) is 24.0 Å². The molecule has 13 heteroatoms. The molecule has 0 aromatic heterocycles. The summed E-state index contributed by atoms with van der Waals surface area (Å²) < 4.78 is 31.5. The fraction of sp³-hybridized carbons (Fsp3) is 0.417. The monoisotopic (exact) mass is 554 g/mol. The van der Waals surface area contributed by atoms with Crippen molar-refractivity contribution in [2.45, 2.75) is 39.3 Å². The lowest BCUT2D eigenvalue weighted by Gasteiger charge is -2.31. The number of nitro groups is 1. The van der Waals surface area contributed by atoms with Crippen LogP contribution in [0, 0.1) is 10.1 Å². The van der Waals surface area contributed by atoms with Crippen molar-refractivity contribution in [3.63, 3.8) is 0 Å². The number of non-ortho nitro benzene ring substituents is 1. The number of rotatable bonds is 13. The summed E-state index contributed by atoms with van der Waals surface area (Å²) in [7, 11) is -2.82. The molecule has 0 saturated heterocycles. The molecular formula is C24H31ClN4O7S. The molecule has 11 nitrogen and oxygen atoms in total. The van der Waals surface area contributed by atoms with Gasteiger partial charge in [0.1, 0.15) is 24.0 Å². The molecular weight excluding hydrogens is 524 g/mol. The summed E-state index contributed by atoms with van der Waals surface area (Å²) >= 11 is 6.09. The van der Waals surface area contributed by atoms with E-state index in [1.165, 1.54) is 24.1 Å². The minimum atomic E-state index is -4.10. The highest BCUT2D eigenvalue weighted by Crippen LogP contribution is 2.34. The fourth-order valence-electron chi connectivity index (χ4n) is 3.53. The number of methoxy groups -OCH3 is 1. The second kappa shape index (κ2) is 13.2. The smallest absolute Gasteiger partial charge is 0.271 e. The lowest BCUT2D eigenvalue weighted by molar-refractivity contribution is -0.384. The number of unbranched alkanes of at least 4 members (excludes halogenated alkanes) is 1. The Kier molecular flexibility index (Phi) is 10.7. The van der Waals surface area contributed by atoms with E-state index in [1.807, 2.05) is 6.92 Å². The van der Waals surface area contributed by atoms with E-state index in [0.29, 0.717) is 17.1 Å². The molecule has 0 aliphatic rings. The molecule has 0 aliphatic heterocycles. The number of carbonyl (C=O) groups is 2. The molecule has 202 valence electrons. The van der Waals surface area contributed by atoms with E-state index >= 15 is 0 Å². The van der Waals surface area contributed by atoms with Crippen molar-refractivity contribution in [3.8, 4) is 5.75 Å². The van der Waals surface area contributed by atoms with E-state index in [0.717, 1.165) is 29.5 Å². The molecule has 0 heterocycles. The second-order valence-corrected chi connectivity index (χ2v) is 10.7. The number of carbonyl (C=O) groups excluding carboxylic acids is 2. The van der Waals surface area contributed by atoms with E-state index in [2.05, 4.69) is 5.32 Å². The number of benzene rings is 2. The van der Waals surface area contributed by atoms with Crippen LogP contribution >= 0.6 is 11.6 Å². The maximum absolute atomic E-state index is 13.6. The summed E-state index contributed by atoms with van der Waals surface area (Å²) in [6, 6.07) is 9.23. The van der Waals surface area contributed by atoms with Crippen LogP contribution in [0.25, 0.3) is 0 Å². The van der Waals surface area contributed by atoms with Gasteiger partial charge in [-0.25, -0.2) is 8.42 Å². The van der Waals surface area contributed by atoms with Gasteiger partial charge >= 0.3 is 0 Å². The number of nitro benzene ring substituents is 1. The lowest BCUT2D eigenvalue weighted by Crippen LogP contribution is -2.51. The molecule has 0 saturated carbocycles. The first kappa shape index (κ1) is 29.8. The van der Waals surface area contributed by atoms with Crippen LogP contribution in [0.1, 0.15) is 32.3 Å². The molecule has 0 aliphatic carbocycles. The summed E-state index contributed by atoms with van der Waals surface area (Å²) in [5, 5.41) is 14.5. The zero-order valence-corrected chi connectivity index (χ0v) is 22.7. The highest BCUT2D eigenvalue weighted by molar-refractivity contribution is 7.92.